The van der Waals surface area contributed by atoms with Crippen LogP contribution in [0, 0.1) is 22.7 Å². The summed E-state index contributed by atoms with van der Waals surface area (Å²) >= 11 is 0. The van der Waals surface area contributed by atoms with Crippen molar-refractivity contribution in [3.05, 3.63) is 34.9 Å². The predicted octanol–water partition coefficient (Wildman–Crippen LogP) is 10.2. The molecule has 1 unspecified atom stereocenters. The van der Waals surface area contributed by atoms with Crippen LogP contribution in [0.5, 0.6) is 0 Å². The Kier molecular flexibility index (Phi) is 9.70. The highest BCUT2D eigenvalue weighted by Crippen LogP contribution is 2.65. The first kappa shape index (κ1) is 36.8. The lowest BCUT2D eigenvalue weighted by Crippen LogP contribution is -2.58. The second-order valence-corrected chi connectivity index (χ2v) is 28.6. The van der Waals surface area contributed by atoms with Crippen LogP contribution in [0.2, 0.25) is 36.3 Å². The van der Waals surface area contributed by atoms with E-state index in [0.29, 0.717) is 11.8 Å². The van der Waals surface area contributed by atoms with Crippen LogP contribution in [0.4, 0.5) is 0 Å². The van der Waals surface area contributed by atoms with E-state index in [9.17, 15) is 4.79 Å². The van der Waals surface area contributed by atoms with Gasteiger partial charge in [-0.15, -0.1) is 0 Å². The van der Waals surface area contributed by atoms with Crippen molar-refractivity contribution < 1.29 is 23.1 Å². The smallest absolute Gasteiger partial charge is 0.340 e. The Morgan fingerprint density at radius 1 is 0.889 bits per heavy atom. The third-order valence-corrected chi connectivity index (χ3v) is 21.9. The quantitative estimate of drug-likeness (QED) is 0.155. The van der Waals surface area contributed by atoms with Gasteiger partial charge in [-0.3, -0.25) is 0 Å². The molecular formula is C38H66O5Si2. The number of carbonyl (C=O) groups excluding carboxylic acids is 1. The first-order chi connectivity index (χ1) is 20.3. The van der Waals surface area contributed by atoms with E-state index in [1.54, 1.807) is 7.11 Å². The minimum Gasteiger partial charge on any atom is -0.458 e. The Balaban J connectivity index is 1.72. The molecule has 0 heterocycles. The summed E-state index contributed by atoms with van der Waals surface area (Å²) in [6.07, 6.45) is 11.8. The number of carbonyl (C=O) groups is 1. The molecule has 7 heteroatoms. The van der Waals surface area contributed by atoms with E-state index < -0.39 is 28.3 Å². The number of hydrogen-bond donors (Lipinski definition) is 0. The zero-order chi connectivity index (χ0) is 34.2. The normalized spacial score (nSPS) is 33.3. The number of allylic oxidation sites excluding steroid dienone is 4. The van der Waals surface area contributed by atoms with E-state index >= 15 is 0 Å². The molecule has 2 saturated carbocycles. The van der Waals surface area contributed by atoms with Crippen LogP contribution < -0.4 is 0 Å². The maximum absolute atomic E-state index is 13.3. The topological polar surface area (TPSA) is 54.0 Å². The molecule has 4 aliphatic carbocycles. The van der Waals surface area contributed by atoms with E-state index in [1.807, 2.05) is 20.8 Å². The van der Waals surface area contributed by atoms with Gasteiger partial charge in [-0.25, -0.2) is 4.79 Å². The van der Waals surface area contributed by atoms with Gasteiger partial charge in [0, 0.05) is 12.5 Å². The molecule has 5 nitrogen and oxygen atoms in total. The van der Waals surface area contributed by atoms with Crippen LogP contribution in [0.25, 0.3) is 0 Å². The van der Waals surface area contributed by atoms with Gasteiger partial charge >= 0.3 is 5.97 Å². The molecule has 2 fully saturated rings. The molecule has 256 valence electrons. The highest BCUT2D eigenvalue weighted by atomic mass is 28.4. The SMILES string of the molecule is COC(C(=O)OC(C)(C)C)C1=CC[C@H]2C3=CC=C4C[C@@H](O[Si](C)(C)C(C)(C)C)C[C@H](O[Si](C)(C)C(C)(C)C)[C@]4(C)[C@H]3CC[C@]12C. The van der Waals surface area contributed by atoms with Crippen LogP contribution in [-0.4, -0.2) is 53.6 Å². The molecule has 0 amide bonds. The van der Waals surface area contributed by atoms with Crippen LogP contribution in [0.1, 0.15) is 108 Å². The first-order valence-electron chi connectivity index (χ1n) is 17.5. The van der Waals surface area contributed by atoms with Crippen LogP contribution in [0.15, 0.2) is 34.9 Å². The van der Waals surface area contributed by atoms with Gasteiger partial charge in [0.15, 0.2) is 22.7 Å². The molecule has 0 aromatic heterocycles. The average molecular weight is 659 g/mol. The first-order valence-corrected chi connectivity index (χ1v) is 23.3. The minimum absolute atomic E-state index is 0.0806. The zero-order valence-electron chi connectivity index (χ0n) is 31.7. The molecular weight excluding hydrogens is 593 g/mol. The highest BCUT2D eigenvalue weighted by Gasteiger charge is 2.60. The van der Waals surface area contributed by atoms with Crippen molar-refractivity contribution in [2.45, 2.75) is 168 Å². The largest absolute Gasteiger partial charge is 0.458 e. The van der Waals surface area contributed by atoms with Gasteiger partial charge in [0.2, 0.25) is 0 Å². The van der Waals surface area contributed by atoms with Crippen molar-refractivity contribution >= 4 is 22.6 Å². The summed E-state index contributed by atoms with van der Waals surface area (Å²) in [6, 6.07) is 0. The number of esters is 1. The number of ether oxygens (including phenoxy) is 2. The molecule has 0 aliphatic heterocycles. The van der Waals surface area contributed by atoms with Gasteiger partial charge in [0.25, 0.3) is 0 Å². The lowest BCUT2D eigenvalue weighted by molar-refractivity contribution is -0.165. The Labute approximate surface area is 278 Å². The summed E-state index contributed by atoms with van der Waals surface area (Å²) in [7, 11) is -2.38. The van der Waals surface area contributed by atoms with Crippen molar-refractivity contribution in [3.63, 3.8) is 0 Å². The molecule has 0 saturated heterocycles. The number of methoxy groups -OCH3 is 1. The van der Waals surface area contributed by atoms with Crippen molar-refractivity contribution in [2.24, 2.45) is 22.7 Å². The van der Waals surface area contributed by atoms with Crippen LogP contribution in [0.3, 0.4) is 0 Å². The molecule has 0 radical (unpaired) electrons. The fourth-order valence-electron chi connectivity index (χ4n) is 8.12. The van der Waals surface area contributed by atoms with E-state index in [4.69, 9.17) is 18.3 Å². The summed E-state index contributed by atoms with van der Waals surface area (Å²) in [4.78, 5) is 13.3. The molecule has 0 spiro atoms. The van der Waals surface area contributed by atoms with Crippen molar-refractivity contribution in [2.75, 3.05) is 7.11 Å². The van der Waals surface area contributed by atoms with Gasteiger partial charge in [0.05, 0.1) is 12.2 Å². The summed E-state index contributed by atoms with van der Waals surface area (Å²) in [5.41, 5.74) is 3.37. The van der Waals surface area contributed by atoms with Gasteiger partial charge in [-0.1, -0.05) is 84.8 Å². The molecule has 0 aromatic carbocycles. The molecule has 45 heavy (non-hydrogen) atoms. The van der Waals surface area contributed by atoms with Gasteiger partial charge in [-0.2, -0.15) is 0 Å². The van der Waals surface area contributed by atoms with Crippen molar-refractivity contribution in [1.82, 2.24) is 0 Å². The Hall–Kier alpha value is -0.996. The summed E-state index contributed by atoms with van der Waals surface area (Å²) in [5, 5.41) is 0.290. The zero-order valence-corrected chi connectivity index (χ0v) is 33.7. The van der Waals surface area contributed by atoms with Gasteiger partial charge < -0.3 is 18.3 Å². The monoisotopic (exact) mass is 658 g/mol. The van der Waals surface area contributed by atoms with Crippen molar-refractivity contribution in [1.29, 1.82) is 0 Å². The van der Waals surface area contributed by atoms with E-state index in [2.05, 4.69) is 99.8 Å². The third kappa shape index (κ3) is 6.68. The van der Waals surface area contributed by atoms with E-state index in [1.165, 1.54) is 11.1 Å². The summed E-state index contributed by atoms with van der Waals surface area (Å²) < 4.78 is 26.3. The summed E-state index contributed by atoms with van der Waals surface area (Å²) in [6.45, 7) is 34.3. The second kappa shape index (κ2) is 11.9. The fraction of sp³-hybridized carbons (Fsp3) is 0.816. The van der Waals surface area contributed by atoms with Gasteiger partial charge in [-0.05, 0) is 112 Å². The maximum atomic E-state index is 13.3. The molecule has 0 bridgehead atoms. The molecule has 4 rings (SSSR count). The highest BCUT2D eigenvalue weighted by molar-refractivity contribution is 6.74. The number of fused-ring (bicyclic) bond motifs is 5. The standard InChI is InChI=1S/C38H66O5Si2/c1-34(2,3)41-33(39)32(40-12)30-20-19-28-27-18-17-25-23-26(42-44(13,14)35(4,5)6)24-31(43-45(15,16)36(7,8)9)38(25,11)29(27)21-22-37(28,30)10/h17-18,20,26,28-29,31-32H,19,21-24H2,1-16H3/t26-,28+,29+,31+,32?,37+,38+/m1/s1. The third-order valence-electron chi connectivity index (χ3n) is 12.9. The number of hydrogen-bond acceptors (Lipinski definition) is 5. The van der Waals surface area contributed by atoms with E-state index in [0.717, 1.165) is 37.7 Å². The minimum atomic E-state index is -2.07. The fourth-order valence-corrected chi connectivity index (χ4v) is 10.9. The lowest BCUT2D eigenvalue weighted by atomic mass is 9.49. The van der Waals surface area contributed by atoms with E-state index in [-0.39, 0.29) is 39.1 Å². The predicted molar refractivity (Wildman–Crippen MR) is 191 cm³/mol. The maximum Gasteiger partial charge on any atom is 0.340 e. The molecule has 7 atom stereocenters. The average Bonchev–Trinajstić information content (AvgIpc) is 3.19. The molecule has 4 aliphatic rings. The van der Waals surface area contributed by atoms with Crippen molar-refractivity contribution in [3.8, 4) is 0 Å². The second-order valence-electron chi connectivity index (χ2n) is 19.1. The Morgan fingerprint density at radius 3 is 2.00 bits per heavy atom. The Bertz CT molecular complexity index is 1240. The Morgan fingerprint density at radius 2 is 1.47 bits per heavy atom. The number of rotatable bonds is 7. The molecule has 0 N–H and O–H groups in total. The lowest BCUT2D eigenvalue weighted by Gasteiger charge is -2.59. The molecule has 0 aromatic rings. The van der Waals surface area contributed by atoms with Gasteiger partial charge in [0.1, 0.15) is 5.60 Å². The van der Waals surface area contributed by atoms with Crippen LogP contribution >= 0.6 is 0 Å². The summed E-state index contributed by atoms with van der Waals surface area (Å²) in [5.74, 6) is 0.472. The van der Waals surface area contributed by atoms with Crippen LogP contribution in [-0.2, 0) is 23.1 Å².